The fourth-order valence-corrected chi connectivity index (χ4v) is 2.10. The Hall–Kier alpha value is -1.53. The zero-order valence-corrected chi connectivity index (χ0v) is 13.4. The van der Waals surface area contributed by atoms with E-state index in [1.54, 1.807) is 13.3 Å². The van der Waals surface area contributed by atoms with Crippen molar-refractivity contribution in [1.82, 2.24) is 9.97 Å². The van der Waals surface area contributed by atoms with Crippen LogP contribution in [-0.2, 0) is 0 Å². The molecule has 0 unspecified atom stereocenters. The van der Waals surface area contributed by atoms with Crippen LogP contribution in [0.25, 0.3) is 0 Å². The first kappa shape index (κ1) is 14.9. The van der Waals surface area contributed by atoms with Gasteiger partial charge in [-0.15, -0.1) is 0 Å². The summed E-state index contributed by atoms with van der Waals surface area (Å²) in [5.41, 5.74) is 0.768. The molecule has 1 aromatic heterocycles. The minimum absolute atomic E-state index is 0.439. The Balaban J connectivity index is 2.33. The largest absolute Gasteiger partial charge is 0.495 e. The van der Waals surface area contributed by atoms with Gasteiger partial charge in [-0.1, -0.05) is 27.5 Å². The van der Waals surface area contributed by atoms with E-state index in [1.165, 1.54) is 0 Å². The van der Waals surface area contributed by atoms with Crippen LogP contribution in [0.4, 0.5) is 17.5 Å². The number of nitrogens with zero attached hydrogens (tertiary/aromatic N) is 2. The van der Waals surface area contributed by atoms with Crippen molar-refractivity contribution in [3.8, 4) is 5.75 Å². The van der Waals surface area contributed by atoms with Crippen molar-refractivity contribution in [1.29, 1.82) is 0 Å². The average Bonchev–Trinajstić information content (AvgIpc) is 2.43. The topological polar surface area (TPSA) is 59.1 Å². The van der Waals surface area contributed by atoms with Crippen LogP contribution in [0.5, 0.6) is 5.75 Å². The molecule has 0 atom stereocenters. The Bertz CT molecular complexity index is 609. The van der Waals surface area contributed by atoms with Gasteiger partial charge in [0.2, 0.25) is 5.95 Å². The summed E-state index contributed by atoms with van der Waals surface area (Å²) >= 11 is 9.54. The molecule has 0 bridgehead atoms. The molecule has 7 heteroatoms. The first-order valence-electron chi connectivity index (χ1n) is 6.01. The summed E-state index contributed by atoms with van der Waals surface area (Å²) < 4.78 is 6.23. The number of hydrogen-bond donors (Lipinski definition) is 2. The van der Waals surface area contributed by atoms with Crippen LogP contribution in [0.1, 0.15) is 6.92 Å². The standard InChI is InChI=1S/C13H14BrClN4O/c1-3-16-13-17-7-9(15)12(19-13)18-10-6-8(14)4-5-11(10)20-2/h4-7H,3H2,1-2H3,(H2,16,17,18,19). The third-order valence-electron chi connectivity index (χ3n) is 2.49. The fraction of sp³-hybridized carbons (Fsp3) is 0.231. The first-order chi connectivity index (χ1) is 9.63. The van der Waals surface area contributed by atoms with Crippen molar-refractivity contribution < 1.29 is 4.74 Å². The van der Waals surface area contributed by atoms with Crippen LogP contribution >= 0.6 is 27.5 Å². The summed E-state index contributed by atoms with van der Waals surface area (Å²) in [7, 11) is 1.61. The van der Waals surface area contributed by atoms with Gasteiger partial charge < -0.3 is 15.4 Å². The van der Waals surface area contributed by atoms with Crippen LogP contribution in [0.15, 0.2) is 28.9 Å². The van der Waals surface area contributed by atoms with E-state index in [0.29, 0.717) is 22.5 Å². The molecule has 0 fully saturated rings. The molecular weight excluding hydrogens is 344 g/mol. The highest BCUT2D eigenvalue weighted by Gasteiger charge is 2.09. The molecule has 2 aromatic rings. The number of rotatable bonds is 5. The van der Waals surface area contributed by atoms with E-state index in [-0.39, 0.29) is 0 Å². The van der Waals surface area contributed by atoms with E-state index < -0.39 is 0 Å². The van der Waals surface area contributed by atoms with E-state index in [0.717, 1.165) is 16.7 Å². The zero-order valence-electron chi connectivity index (χ0n) is 11.1. The molecule has 5 nitrogen and oxygen atoms in total. The van der Waals surface area contributed by atoms with Crippen molar-refractivity contribution in [2.75, 3.05) is 24.3 Å². The van der Waals surface area contributed by atoms with E-state index >= 15 is 0 Å². The number of halogens is 2. The summed E-state index contributed by atoms with van der Waals surface area (Å²) in [6.07, 6.45) is 1.55. The zero-order chi connectivity index (χ0) is 14.5. The maximum atomic E-state index is 6.11. The molecule has 0 aliphatic carbocycles. The minimum atomic E-state index is 0.439. The van der Waals surface area contributed by atoms with Crippen molar-refractivity contribution >= 4 is 45.0 Å². The Morgan fingerprint density at radius 3 is 2.90 bits per heavy atom. The molecule has 1 aromatic carbocycles. The molecule has 0 spiro atoms. The number of nitrogens with one attached hydrogen (secondary N) is 2. The van der Waals surface area contributed by atoms with Gasteiger partial charge in [0.1, 0.15) is 10.8 Å². The van der Waals surface area contributed by atoms with E-state index in [4.69, 9.17) is 16.3 Å². The number of benzene rings is 1. The molecule has 1 heterocycles. The second-order valence-corrected chi connectivity index (χ2v) is 5.21. The number of aromatic nitrogens is 2. The highest BCUT2D eigenvalue weighted by Crippen LogP contribution is 2.32. The summed E-state index contributed by atoms with van der Waals surface area (Å²) in [4.78, 5) is 8.42. The van der Waals surface area contributed by atoms with E-state index in [2.05, 4.69) is 36.5 Å². The van der Waals surface area contributed by atoms with Crippen molar-refractivity contribution in [3.05, 3.63) is 33.9 Å². The predicted octanol–water partition coefficient (Wildman–Crippen LogP) is 4.08. The molecule has 0 radical (unpaired) electrons. The molecule has 2 rings (SSSR count). The SMILES string of the molecule is CCNc1ncc(Cl)c(Nc2cc(Br)ccc2OC)n1. The normalized spacial score (nSPS) is 10.2. The number of ether oxygens (including phenoxy) is 1. The van der Waals surface area contributed by atoms with Crippen molar-refractivity contribution in [2.45, 2.75) is 6.92 Å². The number of hydrogen-bond acceptors (Lipinski definition) is 5. The summed E-state index contributed by atoms with van der Waals surface area (Å²) in [5, 5.41) is 6.63. The van der Waals surface area contributed by atoms with Crippen LogP contribution in [0, 0.1) is 0 Å². The first-order valence-corrected chi connectivity index (χ1v) is 7.18. The smallest absolute Gasteiger partial charge is 0.224 e. The van der Waals surface area contributed by atoms with Crippen LogP contribution in [0.3, 0.4) is 0 Å². The molecule has 0 amide bonds. The molecule has 106 valence electrons. The minimum Gasteiger partial charge on any atom is -0.495 e. The Kier molecular flexibility index (Phi) is 5.03. The third kappa shape index (κ3) is 3.52. The van der Waals surface area contributed by atoms with Gasteiger partial charge in [-0.2, -0.15) is 4.98 Å². The summed E-state index contributed by atoms with van der Waals surface area (Å²) in [6.45, 7) is 2.71. The summed E-state index contributed by atoms with van der Waals surface area (Å²) in [5.74, 6) is 1.75. The van der Waals surface area contributed by atoms with Gasteiger partial charge in [-0.05, 0) is 25.1 Å². The molecule has 2 N–H and O–H groups in total. The predicted molar refractivity (Wildman–Crippen MR) is 85.2 cm³/mol. The highest BCUT2D eigenvalue weighted by molar-refractivity contribution is 9.10. The lowest BCUT2D eigenvalue weighted by atomic mass is 10.3. The lowest BCUT2D eigenvalue weighted by Crippen LogP contribution is -2.05. The summed E-state index contributed by atoms with van der Waals surface area (Å²) in [6, 6.07) is 5.65. The number of methoxy groups -OCH3 is 1. The van der Waals surface area contributed by atoms with Crippen LogP contribution in [-0.4, -0.2) is 23.6 Å². The molecule has 0 saturated heterocycles. The fourth-order valence-electron chi connectivity index (χ4n) is 1.60. The second kappa shape index (κ2) is 6.76. The maximum absolute atomic E-state index is 6.11. The van der Waals surface area contributed by atoms with Gasteiger partial charge in [-0.3, -0.25) is 0 Å². The molecule has 0 aliphatic heterocycles. The highest BCUT2D eigenvalue weighted by atomic mass is 79.9. The van der Waals surface area contributed by atoms with E-state index in [9.17, 15) is 0 Å². The third-order valence-corrected chi connectivity index (χ3v) is 3.26. The van der Waals surface area contributed by atoms with Gasteiger partial charge in [0.25, 0.3) is 0 Å². The lowest BCUT2D eigenvalue weighted by molar-refractivity contribution is 0.416. The van der Waals surface area contributed by atoms with Crippen LogP contribution in [0.2, 0.25) is 5.02 Å². The average molecular weight is 358 g/mol. The second-order valence-electron chi connectivity index (χ2n) is 3.89. The van der Waals surface area contributed by atoms with Crippen LogP contribution < -0.4 is 15.4 Å². The number of anilines is 3. The molecule has 20 heavy (non-hydrogen) atoms. The van der Waals surface area contributed by atoms with Gasteiger partial charge in [0.15, 0.2) is 5.82 Å². The Morgan fingerprint density at radius 1 is 1.40 bits per heavy atom. The van der Waals surface area contributed by atoms with E-state index in [1.807, 2.05) is 25.1 Å². The Morgan fingerprint density at radius 2 is 2.20 bits per heavy atom. The Labute approximate surface area is 130 Å². The molecular formula is C13H14BrClN4O. The lowest BCUT2D eigenvalue weighted by Gasteiger charge is -2.12. The monoisotopic (exact) mass is 356 g/mol. The van der Waals surface area contributed by atoms with Gasteiger partial charge in [-0.25, -0.2) is 4.98 Å². The molecule has 0 aliphatic rings. The molecule has 0 saturated carbocycles. The van der Waals surface area contributed by atoms with Crippen molar-refractivity contribution in [2.24, 2.45) is 0 Å². The van der Waals surface area contributed by atoms with Gasteiger partial charge >= 0.3 is 0 Å². The maximum Gasteiger partial charge on any atom is 0.224 e. The van der Waals surface area contributed by atoms with Crippen molar-refractivity contribution in [3.63, 3.8) is 0 Å². The van der Waals surface area contributed by atoms with Gasteiger partial charge in [0, 0.05) is 11.0 Å². The quantitative estimate of drug-likeness (QED) is 0.844. The van der Waals surface area contributed by atoms with Gasteiger partial charge in [0.05, 0.1) is 19.0 Å².